The van der Waals surface area contributed by atoms with Gasteiger partial charge < -0.3 is 14.8 Å². The monoisotopic (exact) mass is 351 g/mol. The average Bonchev–Trinajstić information content (AvgIpc) is 2.59. The third-order valence-corrected chi connectivity index (χ3v) is 4.20. The summed E-state index contributed by atoms with van der Waals surface area (Å²) in [4.78, 5) is 12.8. The summed E-state index contributed by atoms with van der Waals surface area (Å²) in [7, 11) is 1.63. The average molecular weight is 352 g/mol. The molecule has 0 atom stereocenters. The summed E-state index contributed by atoms with van der Waals surface area (Å²) >= 11 is 7.28. The van der Waals surface area contributed by atoms with Gasteiger partial charge in [-0.1, -0.05) is 11.6 Å². The van der Waals surface area contributed by atoms with Gasteiger partial charge in [0.05, 0.1) is 19.4 Å². The molecule has 0 spiro atoms. The SMILES string of the molecule is COc1ccc(SCC(=O)NCCOc2ccc(Cl)cc2)cc1. The minimum Gasteiger partial charge on any atom is -0.497 e. The van der Waals surface area contributed by atoms with Gasteiger partial charge >= 0.3 is 0 Å². The lowest BCUT2D eigenvalue weighted by molar-refractivity contribution is -0.118. The van der Waals surface area contributed by atoms with Crippen LogP contribution in [-0.4, -0.2) is 31.9 Å². The van der Waals surface area contributed by atoms with Crippen molar-refractivity contribution < 1.29 is 14.3 Å². The number of halogens is 1. The van der Waals surface area contributed by atoms with Gasteiger partial charge in [0.25, 0.3) is 0 Å². The van der Waals surface area contributed by atoms with Crippen LogP contribution < -0.4 is 14.8 Å². The third kappa shape index (κ3) is 6.42. The number of nitrogens with one attached hydrogen (secondary N) is 1. The van der Waals surface area contributed by atoms with Gasteiger partial charge in [0.2, 0.25) is 5.91 Å². The number of thioether (sulfide) groups is 1. The Hall–Kier alpha value is -1.85. The molecule has 2 rings (SSSR count). The number of rotatable bonds is 8. The van der Waals surface area contributed by atoms with Crippen molar-refractivity contribution in [2.45, 2.75) is 4.90 Å². The highest BCUT2D eigenvalue weighted by atomic mass is 35.5. The van der Waals surface area contributed by atoms with E-state index in [1.54, 1.807) is 31.4 Å². The van der Waals surface area contributed by atoms with Crippen molar-refractivity contribution in [3.63, 3.8) is 0 Å². The molecule has 23 heavy (non-hydrogen) atoms. The van der Waals surface area contributed by atoms with Crippen LogP contribution in [0.1, 0.15) is 0 Å². The van der Waals surface area contributed by atoms with Crippen molar-refractivity contribution in [3.8, 4) is 11.5 Å². The highest BCUT2D eigenvalue weighted by Gasteiger charge is 2.03. The van der Waals surface area contributed by atoms with Gasteiger partial charge in [-0.05, 0) is 48.5 Å². The molecular weight excluding hydrogens is 334 g/mol. The van der Waals surface area contributed by atoms with Crippen LogP contribution in [0.25, 0.3) is 0 Å². The van der Waals surface area contributed by atoms with Crippen molar-refractivity contribution in [2.24, 2.45) is 0 Å². The van der Waals surface area contributed by atoms with E-state index in [9.17, 15) is 4.79 Å². The van der Waals surface area contributed by atoms with Crippen LogP contribution in [-0.2, 0) is 4.79 Å². The van der Waals surface area contributed by atoms with Crippen molar-refractivity contribution in [1.29, 1.82) is 0 Å². The van der Waals surface area contributed by atoms with Gasteiger partial charge in [0.1, 0.15) is 18.1 Å². The first kappa shape index (κ1) is 17.5. The third-order valence-electron chi connectivity index (χ3n) is 2.94. The normalized spacial score (nSPS) is 10.2. The molecule has 0 saturated carbocycles. The molecule has 4 nitrogen and oxygen atoms in total. The van der Waals surface area contributed by atoms with Crippen LogP contribution >= 0.6 is 23.4 Å². The predicted molar refractivity (Wildman–Crippen MR) is 93.7 cm³/mol. The summed E-state index contributed by atoms with van der Waals surface area (Å²) in [5, 5.41) is 3.49. The lowest BCUT2D eigenvalue weighted by Gasteiger charge is -2.08. The Morgan fingerprint density at radius 3 is 2.39 bits per heavy atom. The Kier molecular flexibility index (Phi) is 7.10. The van der Waals surface area contributed by atoms with E-state index in [-0.39, 0.29) is 5.91 Å². The summed E-state index contributed by atoms with van der Waals surface area (Å²) in [5.74, 6) is 1.88. The second-order valence-electron chi connectivity index (χ2n) is 4.62. The Labute approximate surface area is 145 Å². The first-order chi connectivity index (χ1) is 11.2. The molecule has 0 aliphatic heterocycles. The van der Waals surface area contributed by atoms with E-state index in [0.29, 0.717) is 23.9 Å². The van der Waals surface area contributed by atoms with Gasteiger partial charge in [-0.3, -0.25) is 4.79 Å². The Balaban J connectivity index is 1.62. The molecule has 0 aliphatic carbocycles. The molecule has 1 amide bonds. The van der Waals surface area contributed by atoms with Crippen molar-refractivity contribution in [3.05, 3.63) is 53.6 Å². The maximum Gasteiger partial charge on any atom is 0.230 e. The Morgan fingerprint density at radius 1 is 1.09 bits per heavy atom. The molecule has 2 aromatic rings. The number of carbonyl (C=O) groups excluding carboxylic acids is 1. The zero-order valence-corrected chi connectivity index (χ0v) is 14.3. The van der Waals surface area contributed by atoms with Gasteiger partial charge in [0.15, 0.2) is 0 Å². The number of amides is 1. The summed E-state index contributed by atoms with van der Waals surface area (Å²) in [5.41, 5.74) is 0. The molecule has 0 aliphatic rings. The van der Waals surface area contributed by atoms with Gasteiger partial charge in [-0.25, -0.2) is 0 Å². The Morgan fingerprint density at radius 2 is 1.74 bits per heavy atom. The standard InChI is InChI=1S/C17H18ClNO3S/c1-21-14-6-8-16(9-7-14)23-12-17(20)19-10-11-22-15-4-2-13(18)3-5-15/h2-9H,10-12H2,1H3,(H,19,20). The van der Waals surface area contributed by atoms with E-state index in [0.717, 1.165) is 16.4 Å². The molecule has 2 aromatic carbocycles. The molecule has 0 aromatic heterocycles. The topological polar surface area (TPSA) is 47.6 Å². The number of hydrogen-bond acceptors (Lipinski definition) is 4. The van der Waals surface area contributed by atoms with Crippen LogP contribution in [0.15, 0.2) is 53.4 Å². The zero-order chi connectivity index (χ0) is 16.5. The van der Waals surface area contributed by atoms with E-state index in [1.165, 1.54) is 11.8 Å². The largest absolute Gasteiger partial charge is 0.497 e. The summed E-state index contributed by atoms with van der Waals surface area (Å²) in [6.45, 7) is 0.880. The minimum absolute atomic E-state index is 0.0227. The first-order valence-corrected chi connectivity index (χ1v) is 8.45. The number of hydrogen-bond donors (Lipinski definition) is 1. The van der Waals surface area contributed by atoms with Crippen molar-refractivity contribution in [1.82, 2.24) is 5.32 Å². The predicted octanol–water partition coefficient (Wildman–Crippen LogP) is 3.64. The zero-order valence-electron chi connectivity index (χ0n) is 12.8. The molecule has 0 unspecified atom stereocenters. The van der Waals surface area contributed by atoms with Crippen molar-refractivity contribution in [2.75, 3.05) is 26.0 Å². The number of benzene rings is 2. The highest BCUT2D eigenvalue weighted by molar-refractivity contribution is 8.00. The van der Waals surface area contributed by atoms with E-state index < -0.39 is 0 Å². The van der Waals surface area contributed by atoms with E-state index in [1.807, 2.05) is 24.3 Å². The second-order valence-corrected chi connectivity index (χ2v) is 6.10. The van der Waals surface area contributed by atoms with Crippen LogP contribution in [0.5, 0.6) is 11.5 Å². The number of methoxy groups -OCH3 is 1. The molecule has 0 saturated heterocycles. The number of ether oxygens (including phenoxy) is 2. The molecule has 6 heteroatoms. The molecule has 1 N–H and O–H groups in total. The lowest BCUT2D eigenvalue weighted by atomic mass is 10.3. The number of carbonyl (C=O) groups is 1. The van der Waals surface area contributed by atoms with Crippen LogP contribution in [0.2, 0.25) is 5.02 Å². The molecule has 0 bridgehead atoms. The first-order valence-electron chi connectivity index (χ1n) is 7.09. The second kappa shape index (κ2) is 9.33. The fraction of sp³-hybridized carbons (Fsp3) is 0.235. The van der Waals surface area contributed by atoms with Gasteiger partial charge in [0, 0.05) is 9.92 Å². The highest BCUT2D eigenvalue weighted by Crippen LogP contribution is 2.20. The quantitative estimate of drug-likeness (QED) is 0.582. The maximum atomic E-state index is 11.8. The summed E-state index contributed by atoms with van der Waals surface area (Å²) in [6, 6.07) is 14.7. The van der Waals surface area contributed by atoms with Gasteiger partial charge in [-0.2, -0.15) is 0 Å². The molecule has 0 radical (unpaired) electrons. The molecule has 0 heterocycles. The van der Waals surface area contributed by atoms with E-state index in [4.69, 9.17) is 21.1 Å². The van der Waals surface area contributed by atoms with Crippen LogP contribution in [0.4, 0.5) is 0 Å². The van der Waals surface area contributed by atoms with Crippen LogP contribution in [0.3, 0.4) is 0 Å². The fourth-order valence-corrected chi connectivity index (χ4v) is 2.62. The summed E-state index contributed by atoms with van der Waals surface area (Å²) < 4.78 is 10.6. The summed E-state index contributed by atoms with van der Waals surface area (Å²) in [6.07, 6.45) is 0. The van der Waals surface area contributed by atoms with Gasteiger partial charge in [-0.15, -0.1) is 11.8 Å². The molecule has 0 fully saturated rings. The fourth-order valence-electron chi connectivity index (χ4n) is 1.76. The molecular formula is C17H18ClNO3S. The lowest BCUT2D eigenvalue weighted by Crippen LogP contribution is -2.29. The van der Waals surface area contributed by atoms with Crippen molar-refractivity contribution >= 4 is 29.3 Å². The van der Waals surface area contributed by atoms with E-state index >= 15 is 0 Å². The van der Waals surface area contributed by atoms with Crippen LogP contribution in [0, 0.1) is 0 Å². The smallest absolute Gasteiger partial charge is 0.230 e. The molecule has 122 valence electrons. The van der Waals surface area contributed by atoms with E-state index in [2.05, 4.69) is 5.32 Å². The Bertz CT molecular complexity index is 617. The maximum absolute atomic E-state index is 11.8. The minimum atomic E-state index is -0.0227.